The van der Waals surface area contributed by atoms with Crippen LogP contribution in [0.3, 0.4) is 0 Å². The van der Waals surface area contributed by atoms with Gasteiger partial charge in [0.1, 0.15) is 24.8 Å². The fraction of sp³-hybridized carbons (Fsp3) is 0.222. The number of thiophene rings is 1. The predicted octanol–water partition coefficient (Wildman–Crippen LogP) is 1.47. The van der Waals surface area contributed by atoms with Crippen molar-refractivity contribution in [3.05, 3.63) is 54.3 Å². The van der Waals surface area contributed by atoms with Crippen LogP contribution in [0.1, 0.15) is 10.5 Å². The first-order valence-electron chi connectivity index (χ1n) is 9.08. The second kappa shape index (κ2) is 7.43. The molecule has 0 atom stereocenters. The molecule has 1 aliphatic rings. The molecule has 0 unspecified atom stereocenters. The minimum atomic E-state index is -0.0605. The summed E-state index contributed by atoms with van der Waals surface area (Å²) in [6.07, 6.45) is 4.57. The van der Waals surface area contributed by atoms with E-state index < -0.39 is 0 Å². The fourth-order valence-electron chi connectivity index (χ4n) is 3.25. The van der Waals surface area contributed by atoms with Crippen LogP contribution >= 0.6 is 11.3 Å². The van der Waals surface area contributed by atoms with Gasteiger partial charge in [-0.1, -0.05) is 6.07 Å². The molecule has 5 heterocycles. The van der Waals surface area contributed by atoms with Crippen LogP contribution < -0.4 is 4.90 Å². The number of rotatable bonds is 4. The zero-order valence-corrected chi connectivity index (χ0v) is 16.2. The van der Waals surface area contributed by atoms with Gasteiger partial charge >= 0.3 is 0 Å². The van der Waals surface area contributed by atoms with Crippen LogP contribution in [0.2, 0.25) is 0 Å². The number of anilines is 1. The van der Waals surface area contributed by atoms with E-state index >= 15 is 0 Å². The Hall–Kier alpha value is -3.60. The molecule has 1 amide bonds. The molecule has 0 spiro atoms. The van der Waals surface area contributed by atoms with Gasteiger partial charge in [-0.2, -0.15) is 10.2 Å². The molecule has 4 aromatic rings. The first-order valence-corrected chi connectivity index (χ1v) is 9.96. The Balaban J connectivity index is 1.25. The van der Waals surface area contributed by atoms with E-state index in [4.69, 9.17) is 0 Å². The van der Waals surface area contributed by atoms with Gasteiger partial charge in [-0.15, -0.1) is 11.3 Å². The third kappa shape index (κ3) is 3.47. The van der Waals surface area contributed by atoms with Crippen molar-refractivity contribution in [3.8, 4) is 16.4 Å². The second-order valence-electron chi connectivity index (χ2n) is 6.50. The number of H-pyrrole nitrogens is 1. The van der Waals surface area contributed by atoms with Crippen molar-refractivity contribution in [2.45, 2.75) is 0 Å². The molecule has 1 aliphatic heterocycles. The molecule has 1 fully saturated rings. The molecule has 1 saturated heterocycles. The van der Waals surface area contributed by atoms with Crippen molar-refractivity contribution < 1.29 is 4.79 Å². The molecule has 146 valence electrons. The smallest absolute Gasteiger partial charge is 0.274 e. The van der Waals surface area contributed by atoms with Crippen LogP contribution in [-0.2, 0) is 0 Å². The molecule has 5 rings (SSSR count). The molecular formula is C18H17N9OS. The van der Waals surface area contributed by atoms with Crippen molar-refractivity contribution in [1.82, 2.24) is 39.8 Å². The van der Waals surface area contributed by atoms with E-state index in [9.17, 15) is 4.79 Å². The lowest BCUT2D eigenvalue weighted by Gasteiger charge is -2.35. The maximum absolute atomic E-state index is 12.8. The number of carbonyl (C=O) groups excluding carboxylic acids is 1. The summed E-state index contributed by atoms with van der Waals surface area (Å²) in [6.45, 7) is 2.56. The van der Waals surface area contributed by atoms with E-state index in [2.05, 4.69) is 35.1 Å². The number of aromatic nitrogens is 7. The fourth-order valence-corrected chi connectivity index (χ4v) is 3.94. The van der Waals surface area contributed by atoms with E-state index in [0.29, 0.717) is 37.7 Å². The molecule has 0 aliphatic carbocycles. The highest BCUT2D eigenvalue weighted by Gasteiger charge is 2.25. The van der Waals surface area contributed by atoms with E-state index in [0.717, 1.165) is 16.4 Å². The van der Waals surface area contributed by atoms with Crippen molar-refractivity contribution >= 4 is 23.1 Å². The Bertz CT molecular complexity index is 1100. The average molecular weight is 407 g/mol. The van der Waals surface area contributed by atoms with Gasteiger partial charge in [0.25, 0.3) is 5.91 Å². The van der Waals surface area contributed by atoms with Crippen molar-refractivity contribution in [3.63, 3.8) is 0 Å². The summed E-state index contributed by atoms with van der Waals surface area (Å²) >= 11 is 1.61. The number of amides is 1. The molecule has 11 heteroatoms. The van der Waals surface area contributed by atoms with Gasteiger partial charge in [0, 0.05) is 32.2 Å². The minimum Gasteiger partial charge on any atom is -0.353 e. The van der Waals surface area contributed by atoms with Crippen molar-refractivity contribution in [2.75, 3.05) is 31.1 Å². The quantitative estimate of drug-likeness (QED) is 0.546. The standard InChI is InChI=1S/C18H17N9OS/c28-18(14-8-13(23-24-14)15-2-1-7-29-15)26-5-3-25(4-6-26)16-9-17(21-11-20-16)27-12-19-10-22-27/h1-2,7-12H,3-6H2,(H,23,24). The van der Waals surface area contributed by atoms with Gasteiger partial charge in [-0.25, -0.2) is 19.6 Å². The zero-order chi connectivity index (χ0) is 19.6. The van der Waals surface area contributed by atoms with Gasteiger partial charge in [0.05, 0.1) is 10.6 Å². The maximum Gasteiger partial charge on any atom is 0.274 e. The van der Waals surface area contributed by atoms with Crippen LogP contribution in [0.5, 0.6) is 0 Å². The summed E-state index contributed by atoms with van der Waals surface area (Å²) in [7, 11) is 0. The summed E-state index contributed by atoms with van der Waals surface area (Å²) in [5, 5.41) is 13.3. The Labute approximate surface area is 169 Å². The van der Waals surface area contributed by atoms with Gasteiger partial charge in [0.2, 0.25) is 0 Å². The highest BCUT2D eigenvalue weighted by atomic mass is 32.1. The van der Waals surface area contributed by atoms with E-state index in [1.807, 2.05) is 34.5 Å². The third-order valence-corrected chi connectivity index (χ3v) is 5.67. The van der Waals surface area contributed by atoms with E-state index in [-0.39, 0.29) is 5.91 Å². The van der Waals surface area contributed by atoms with Gasteiger partial charge in [-0.05, 0) is 17.5 Å². The first-order chi connectivity index (χ1) is 14.3. The number of nitrogens with one attached hydrogen (secondary N) is 1. The molecule has 0 aromatic carbocycles. The Morgan fingerprint density at radius 2 is 1.93 bits per heavy atom. The van der Waals surface area contributed by atoms with Gasteiger partial charge < -0.3 is 9.80 Å². The average Bonchev–Trinajstić information content (AvgIpc) is 3.55. The number of piperazine rings is 1. The number of nitrogens with zero attached hydrogens (tertiary/aromatic N) is 8. The lowest BCUT2D eigenvalue weighted by molar-refractivity contribution is 0.0740. The summed E-state index contributed by atoms with van der Waals surface area (Å²) in [5.41, 5.74) is 1.31. The number of hydrogen-bond acceptors (Lipinski definition) is 8. The lowest BCUT2D eigenvalue weighted by Crippen LogP contribution is -2.49. The van der Waals surface area contributed by atoms with E-state index in [1.54, 1.807) is 22.3 Å². The molecular weight excluding hydrogens is 390 g/mol. The zero-order valence-electron chi connectivity index (χ0n) is 15.3. The maximum atomic E-state index is 12.8. The van der Waals surface area contributed by atoms with Crippen molar-refractivity contribution in [2.24, 2.45) is 0 Å². The summed E-state index contributed by atoms with van der Waals surface area (Å²) < 4.78 is 1.59. The number of carbonyl (C=O) groups is 1. The van der Waals surface area contributed by atoms with Crippen LogP contribution in [0.4, 0.5) is 5.82 Å². The molecule has 1 N–H and O–H groups in total. The highest BCUT2D eigenvalue weighted by Crippen LogP contribution is 2.23. The topological polar surface area (TPSA) is 109 Å². The van der Waals surface area contributed by atoms with Gasteiger partial charge in [-0.3, -0.25) is 9.89 Å². The van der Waals surface area contributed by atoms with E-state index in [1.165, 1.54) is 12.7 Å². The summed E-state index contributed by atoms with van der Waals surface area (Å²) in [4.78, 5) is 30.4. The van der Waals surface area contributed by atoms with Crippen LogP contribution in [-0.4, -0.2) is 71.9 Å². The summed E-state index contributed by atoms with van der Waals surface area (Å²) in [5.74, 6) is 1.40. The largest absolute Gasteiger partial charge is 0.353 e. The Morgan fingerprint density at radius 3 is 2.69 bits per heavy atom. The second-order valence-corrected chi connectivity index (χ2v) is 7.45. The number of hydrogen-bond donors (Lipinski definition) is 1. The monoisotopic (exact) mass is 407 g/mol. The van der Waals surface area contributed by atoms with Crippen LogP contribution in [0.15, 0.2) is 48.6 Å². The third-order valence-electron chi connectivity index (χ3n) is 4.77. The molecule has 0 radical (unpaired) electrons. The first kappa shape index (κ1) is 17.5. The Morgan fingerprint density at radius 1 is 1.07 bits per heavy atom. The van der Waals surface area contributed by atoms with Crippen molar-refractivity contribution in [1.29, 1.82) is 0 Å². The molecule has 29 heavy (non-hydrogen) atoms. The van der Waals surface area contributed by atoms with Crippen LogP contribution in [0.25, 0.3) is 16.4 Å². The molecule has 4 aromatic heterocycles. The highest BCUT2D eigenvalue weighted by molar-refractivity contribution is 7.13. The minimum absolute atomic E-state index is 0.0605. The normalized spacial score (nSPS) is 14.3. The SMILES string of the molecule is O=C(c1cc(-c2cccs2)[nH]n1)N1CCN(c2cc(-n3cncn3)ncn2)CC1. The lowest BCUT2D eigenvalue weighted by atomic mass is 10.2. The van der Waals surface area contributed by atoms with Crippen LogP contribution in [0, 0.1) is 0 Å². The summed E-state index contributed by atoms with van der Waals surface area (Å²) in [6, 6.07) is 7.66. The molecule has 0 saturated carbocycles. The van der Waals surface area contributed by atoms with Gasteiger partial charge in [0.15, 0.2) is 11.5 Å². The molecule has 10 nitrogen and oxygen atoms in total. The number of aromatic amines is 1. The predicted molar refractivity (Wildman–Crippen MR) is 107 cm³/mol. The Kier molecular flexibility index (Phi) is 4.48. The molecule has 0 bridgehead atoms.